The van der Waals surface area contributed by atoms with Crippen molar-refractivity contribution < 1.29 is 14.2 Å². The molecule has 1 aliphatic heterocycles. The molecule has 0 saturated heterocycles. The van der Waals surface area contributed by atoms with Crippen molar-refractivity contribution in [3.05, 3.63) is 42.1 Å². The Morgan fingerprint density at radius 1 is 1.23 bits per heavy atom. The van der Waals surface area contributed by atoms with E-state index in [0.717, 1.165) is 30.0 Å². The Morgan fingerprint density at radius 3 is 2.86 bits per heavy atom. The Balaban J connectivity index is 1.52. The van der Waals surface area contributed by atoms with E-state index in [-0.39, 0.29) is 0 Å². The fourth-order valence-corrected chi connectivity index (χ4v) is 2.42. The molecule has 0 aliphatic carbocycles. The molecule has 0 amide bonds. The van der Waals surface area contributed by atoms with Crippen LogP contribution in [-0.2, 0) is 6.42 Å². The Labute approximate surface area is 130 Å². The third-order valence-electron chi connectivity index (χ3n) is 3.66. The summed E-state index contributed by atoms with van der Waals surface area (Å²) in [4.78, 5) is 4.19. The lowest BCUT2D eigenvalue weighted by atomic mass is 10.1. The summed E-state index contributed by atoms with van der Waals surface area (Å²) in [6.45, 7) is 2.48. The van der Waals surface area contributed by atoms with Crippen molar-refractivity contribution in [2.75, 3.05) is 19.2 Å². The molecule has 116 valence electrons. The molecule has 1 aliphatic rings. The van der Waals surface area contributed by atoms with Gasteiger partial charge < -0.3 is 19.5 Å². The fourth-order valence-electron chi connectivity index (χ4n) is 2.42. The molecular weight excluding hydrogens is 280 g/mol. The van der Waals surface area contributed by atoms with Gasteiger partial charge in [0.2, 0.25) is 12.7 Å². The second-order valence-electron chi connectivity index (χ2n) is 5.36. The molecule has 1 N–H and O–H groups in total. The van der Waals surface area contributed by atoms with Gasteiger partial charge in [-0.15, -0.1) is 0 Å². The normalized spacial score (nSPS) is 13.7. The second kappa shape index (κ2) is 6.56. The van der Waals surface area contributed by atoms with E-state index in [9.17, 15) is 0 Å². The standard InChI is InChI=1S/C17H20N2O3/c1-12(19-14-6-8-17(20-2)18-10-14)3-4-13-5-7-15-16(9-13)22-11-21-15/h5-10,12,19H,3-4,11H2,1-2H3. The van der Waals surface area contributed by atoms with Crippen molar-refractivity contribution in [3.8, 4) is 17.4 Å². The number of fused-ring (bicyclic) bond motifs is 1. The fraction of sp³-hybridized carbons (Fsp3) is 0.353. The summed E-state index contributed by atoms with van der Waals surface area (Å²) in [5, 5.41) is 3.44. The zero-order valence-corrected chi connectivity index (χ0v) is 12.8. The maximum atomic E-state index is 5.41. The number of aromatic nitrogens is 1. The largest absolute Gasteiger partial charge is 0.481 e. The molecule has 0 bridgehead atoms. The van der Waals surface area contributed by atoms with Crippen LogP contribution in [0.1, 0.15) is 18.9 Å². The number of pyridine rings is 1. The Morgan fingerprint density at radius 2 is 2.09 bits per heavy atom. The molecule has 2 aromatic rings. The van der Waals surface area contributed by atoms with Gasteiger partial charge in [0, 0.05) is 12.1 Å². The smallest absolute Gasteiger partial charge is 0.231 e. The first-order valence-corrected chi connectivity index (χ1v) is 7.39. The highest BCUT2D eigenvalue weighted by Gasteiger charge is 2.13. The summed E-state index contributed by atoms with van der Waals surface area (Å²) in [5.41, 5.74) is 2.25. The zero-order valence-electron chi connectivity index (χ0n) is 12.8. The number of anilines is 1. The summed E-state index contributed by atoms with van der Waals surface area (Å²) >= 11 is 0. The van der Waals surface area contributed by atoms with E-state index in [1.807, 2.05) is 18.2 Å². The lowest BCUT2D eigenvalue weighted by Crippen LogP contribution is -2.16. The van der Waals surface area contributed by atoms with Gasteiger partial charge >= 0.3 is 0 Å². The maximum Gasteiger partial charge on any atom is 0.231 e. The average molecular weight is 300 g/mol. The van der Waals surface area contributed by atoms with Crippen molar-refractivity contribution in [1.29, 1.82) is 0 Å². The van der Waals surface area contributed by atoms with Gasteiger partial charge in [-0.3, -0.25) is 0 Å². The topological polar surface area (TPSA) is 52.6 Å². The van der Waals surface area contributed by atoms with E-state index in [2.05, 4.69) is 29.4 Å². The summed E-state index contributed by atoms with van der Waals surface area (Å²) in [5.74, 6) is 2.30. The van der Waals surface area contributed by atoms with Crippen molar-refractivity contribution in [3.63, 3.8) is 0 Å². The van der Waals surface area contributed by atoms with Crippen molar-refractivity contribution in [2.45, 2.75) is 25.8 Å². The summed E-state index contributed by atoms with van der Waals surface area (Å²) in [7, 11) is 1.61. The number of rotatable bonds is 6. The first kappa shape index (κ1) is 14.5. The maximum absolute atomic E-state index is 5.41. The molecule has 0 fully saturated rings. The molecule has 1 unspecified atom stereocenters. The summed E-state index contributed by atoms with van der Waals surface area (Å²) in [6.07, 6.45) is 3.79. The van der Waals surface area contributed by atoms with E-state index >= 15 is 0 Å². The highest BCUT2D eigenvalue weighted by Crippen LogP contribution is 2.32. The number of hydrogen-bond acceptors (Lipinski definition) is 5. The van der Waals surface area contributed by atoms with Gasteiger partial charge in [-0.05, 0) is 43.5 Å². The van der Waals surface area contributed by atoms with Crippen LogP contribution in [-0.4, -0.2) is 24.9 Å². The van der Waals surface area contributed by atoms with E-state index in [1.165, 1.54) is 5.56 Å². The number of hydrogen-bond donors (Lipinski definition) is 1. The average Bonchev–Trinajstić information content (AvgIpc) is 3.01. The van der Waals surface area contributed by atoms with Gasteiger partial charge in [0.25, 0.3) is 0 Å². The number of methoxy groups -OCH3 is 1. The monoisotopic (exact) mass is 300 g/mol. The minimum absolute atomic E-state index is 0.321. The van der Waals surface area contributed by atoms with Gasteiger partial charge in [0.1, 0.15) is 0 Å². The molecule has 1 aromatic heterocycles. The molecule has 1 atom stereocenters. The van der Waals surface area contributed by atoms with Crippen molar-refractivity contribution in [2.24, 2.45) is 0 Å². The lowest BCUT2D eigenvalue weighted by Gasteiger charge is -2.15. The van der Waals surface area contributed by atoms with Crippen LogP contribution in [0.25, 0.3) is 0 Å². The van der Waals surface area contributed by atoms with E-state index < -0.39 is 0 Å². The van der Waals surface area contributed by atoms with Gasteiger partial charge in [0.05, 0.1) is 19.0 Å². The van der Waals surface area contributed by atoms with Gasteiger partial charge in [0.15, 0.2) is 11.5 Å². The van der Waals surface area contributed by atoms with E-state index in [0.29, 0.717) is 18.7 Å². The molecule has 3 rings (SSSR count). The minimum atomic E-state index is 0.321. The molecule has 22 heavy (non-hydrogen) atoms. The number of nitrogens with zero attached hydrogens (tertiary/aromatic N) is 1. The Hall–Kier alpha value is -2.43. The SMILES string of the molecule is COc1ccc(NC(C)CCc2ccc3c(c2)OCO3)cn1. The third-order valence-corrected chi connectivity index (χ3v) is 3.66. The van der Waals surface area contributed by atoms with Gasteiger partial charge in [-0.25, -0.2) is 4.98 Å². The quantitative estimate of drug-likeness (QED) is 0.887. The van der Waals surface area contributed by atoms with Crippen LogP contribution in [0.5, 0.6) is 17.4 Å². The van der Waals surface area contributed by atoms with E-state index in [4.69, 9.17) is 14.2 Å². The second-order valence-corrected chi connectivity index (χ2v) is 5.36. The number of aryl methyl sites for hydroxylation is 1. The number of ether oxygens (including phenoxy) is 3. The van der Waals surface area contributed by atoms with E-state index in [1.54, 1.807) is 13.3 Å². The first-order chi connectivity index (χ1) is 10.7. The van der Waals surface area contributed by atoms with Gasteiger partial charge in [-0.1, -0.05) is 6.07 Å². The zero-order chi connectivity index (χ0) is 15.4. The van der Waals surface area contributed by atoms with Crippen LogP contribution in [0.15, 0.2) is 36.5 Å². The summed E-state index contributed by atoms with van der Waals surface area (Å²) in [6, 6.07) is 10.3. The molecule has 5 nitrogen and oxygen atoms in total. The molecule has 0 spiro atoms. The minimum Gasteiger partial charge on any atom is -0.481 e. The van der Waals surface area contributed by atoms with Crippen molar-refractivity contribution in [1.82, 2.24) is 4.98 Å². The van der Waals surface area contributed by atoms with Crippen molar-refractivity contribution >= 4 is 5.69 Å². The van der Waals surface area contributed by atoms with Gasteiger partial charge in [-0.2, -0.15) is 0 Å². The molecule has 1 aromatic carbocycles. The predicted octanol–water partition coefficient (Wildman–Crippen LogP) is 3.25. The Kier molecular flexibility index (Phi) is 4.32. The van der Waals surface area contributed by atoms with Crippen LogP contribution in [0.2, 0.25) is 0 Å². The van der Waals surface area contributed by atoms with Crippen LogP contribution in [0.4, 0.5) is 5.69 Å². The van der Waals surface area contributed by atoms with Crippen LogP contribution in [0.3, 0.4) is 0 Å². The van der Waals surface area contributed by atoms with Crippen LogP contribution in [0, 0.1) is 0 Å². The highest BCUT2D eigenvalue weighted by atomic mass is 16.7. The third kappa shape index (κ3) is 3.42. The predicted molar refractivity (Wildman–Crippen MR) is 84.8 cm³/mol. The molecule has 0 radical (unpaired) electrons. The molecule has 0 saturated carbocycles. The molecule has 5 heteroatoms. The van der Waals surface area contributed by atoms with Crippen LogP contribution >= 0.6 is 0 Å². The summed E-state index contributed by atoms with van der Waals surface area (Å²) < 4.78 is 15.8. The number of nitrogens with one attached hydrogen (secondary N) is 1. The lowest BCUT2D eigenvalue weighted by molar-refractivity contribution is 0.174. The van der Waals surface area contributed by atoms with Crippen LogP contribution < -0.4 is 19.5 Å². The highest BCUT2D eigenvalue weighted by molar-refractivity contribution is 5.45. The molecule has 2 heterocycles. The Bertz CT molecular complexity index is 628. The number of benzene rings is 1. The first-order valence-electron chi connectivity index (χ1n) is 7.39. The molecular formula is C17H20N2O3.